The third-order valence-electron chi connectivity index (χ3n) is 4.37. The van der Waals surface area contributed by atoms with Crippen LogP contribution in [0.4, 0.5) is 0 Å². The van der Waals surface area contributed by atoms with Gasteiger partial charge in [0.05, 0.1) is 11.6 Å². The normalized spacial score (nSPS) is 22.0. The first-order chi connectivity index (χ1) is 10.2. The fourth-order valence-electron chi connectivity index (χ4n) is 3.17. The predicted molar refractivity (Wildman–Crippen MR) is 87.0 cm³/mol. The molecule has 21 heavy (non-hydrogen) atoms. The summed E-state index contributed by atoms with van der Waals surface area (Å²) in [6, 6.07) is 11.5. The highest BCUT2D eigenvalue weighted by Gasteiger charge is 2.16. The standard InChI is InChI=1S/C18H27N3/c1-14(12-18-6-4-3-5-11-20-18)21-15(2)17-9-7-16(13-19)8-10-17/h7-10,14-15,18,20-21H,3-6,11-12H2,1-2H3. The van der Waals surface area contributed by atoms with Crippen molar-refractivity contribution >= 4 is 0 Å². The number of nitriles is 1. The summed E-state index contributed by atoms with van der Waals surface area (Å²) >= 11 is 0. The molecule has 1 fully saturated rings. The van der Waals surface area contributed by atoms with Crippen LogP contribution < -0.4 is 10.6 Å². The Hall–Kier alpha value is -1.37. The maximum atomic E-state index is 8.85. The van der Waals surface area contributed by atoms with Gasteiger partial charge in [-0.05, 0) is 57.4 Å². The van der Waals surface area contributed by atoms with Crippen molar-refractivity contribution in [2.75, 3.05) is 6.54 Å². The van der Waals surface area contributed by atoms with E-state index in [9.17, 15) is 0 Å². The molecule has 3 nitrogen and oxygen atoms in total. The molecule has 1 heterocycles. The SMILES string of the molecule is CC(CC1CCCCCN1)NC(C)c1ccc(C#N)cc1. The van der Waals surface area contributed by atoms with Crippen LogP contribution in [-0.4, -0.2) is 18.6 Å². The molecule has 3 unspecified atom stereocenters. The summed E-state index contributed by atoms with van der Waals surface area (Å²) in [5, 5.41) is 16.2. The summed E-state index contributed by atoms with van der Waals surface area (Å²) < 4.78 is 0. The zero-order chi connectivity index (χ0) is 15.1. The van der Waals surface area contributed by atoms with E-state index in [1.165, 1.54) is 44.2 Å². The zero-order valence-electron chi connectivity index (χ0n) is 13.2. The van der Waals surface area contributed by atoms with Gasteiger partial charge >= 0.3 is 0 Å². The van der Waals surface area contributed by atoms with E-state index in [0.717, 1.165) is 5.56 Å². The summed E-state index contributed by atoms with van der Waals surface area (Å²) in [6.07, 6.45) is 6.53. The molecule has 2 rings (SSSR count). The lowest BCUT2D eigenvalue weighted by molar-refractivity contribution is 0.380. The molecule has 3 atom stereocenters. The number of nitrogens with one attached hydrogen (secondary N) is 2. The van der Waals surface area contributed by atoms with Crippen LogP contribution in [0.15, 0.2) is 24.3 Å². The minimum Gasteiger partial charge on any atom is -0.314 e. The van der Waals surface area contributed by atoms with Crippen molar-refractivity contribution in [2.24, 2.45) is 0 Å². The Morgan fingerprint density at radius 2 is 2.00 bits per heavy atom. The Labute approximate surface area is 128 Å². The number of hydrogen-bond acceptors (Lipinski definition) is 3. The van der Waals surface area contributed by atoms with Gasteiger partial charge in [-0.2, -0.15) is 5.26 Å². The lowest BCUT2D eigenvalue weighted by atomic mass is 10.0. The van der Waals surface area contributed by atoms with E-state index in [1.54, 1.807) is 0 Å². The molecular formula is C18H27N3. The number of benzene rings is 1. The van der Waals surface area contributed by atoms with Gasteiger partial charge < -0.3 is 10.6 Å². The van der Waals surface area contributed by atoms with Gasteiger partial charge in [-0.3, -0.25) is 0 Å². The van der Waals surface area contributed by atoms with Crippen LogP contribution in [-0.2, 0) is 0 Å². The van der Waals surface area contributed by atoms with Crippen LogP contribution in [0, 0.1) is 11.3 Å². The van der Waals surface area contributed by atoms with E-state index in [0.29, 0.717) is 18.1 Å². The van der Waals surface area contributed by atoms with Crippen molar-refractivity contribution in [3.63, 3.8) is 0 Å². The van der Waals surface area contributed by atoms with Gasteiger partial charge in [0.25, 0.3) is 0 Å². The van der Waals surface area contributed by atoms with Gasteiger partial charge in [-0.25, -0.2) is 0 Å². The van der Waals surface area contributed by atoms with Gasteiger partial charge in [0.2, 0.25) is 0 Å². The highest BCUT2D eigenvalue weighted by Crippen LogP contribution is 2.17. The molecule has 1 aliphatic rings. The number of nitrogens with zero attached hydrogens (tertiary/aromatic N) is 1. The van der Waals surface area contributed by atoms with Crippen molar-refractivity contribution in [3.8, 4) is 6.07 Å². The van der Waals surface area contributed by atoms with Gasteiger partial charge in [0.1, 0.15) is 0 Å². The first-order valence-electron chi connectivity index (χ1n) is 8.18. The molecule has 0 saturated carbocycles. The second-order valence-electron chi connectivity index (χ2n) is 6.26. The summed E-state index contributed by atoms with van der Waals surface area (Å²) in [5.74, 6) is 0. The molecular weight excluding hydrogens is 258 g/mol. The van der Waals surface area contributed by atoms with Gasteiger partial charge in [-0.15, -0.1) is 0 Å². The first-order valence-corrected chi connectivity index (χ1v) is 8.18. The lowest BCUT2D eigenvalue weighted by Crippen LogP contribution is -2.37. The monoisotopic (exact) mass is 285 g/mol. The second-order valence-corrected chi connectivity index (χ2v) is 6.26. The summed E-state index contributed by atoms with van der Waals surface area (Å²) in [4.78, 5) is 0. The Morgan fingerprint density at radius 3 is 2.71 bits per heavy atom. The molecule has 0 aliphatic carbocycles. The van der Waals surface area contributed by atoms with Gasteiger partial charge in [-0.1, -0.05) is 25.0 Å². The van der Waals surface area contributed by atoms with E-state index in [1.807, 2.05) is 24.3 Å². The predicted octanol–water partition coefficient (Wildman–Crippen LogP) is 3.52. The van der Waals surface area contributed by atoms with E-state index in [4.69, 9.17) is 5.26 Å². The van der Waals surface area contributed by atoms with Crippen molar-refractivity contribution in [2.45, 2.75) is 64.1 Å². The van der Waals surface area contributed by atoms with E-state index < -0.39 is 0 Å². The van der Waals surface area contributed by atoms with Gasteiger partial charge in [0.15, 0.2) is 0 Å². The van der Waals surface area contributed by atoms with Crippen LogP contribution in [0.1, 0.15) is 63.1 Å². The minimum absolute atomic E-state index is 0.318. The average Bonchev–Trinajstić information content (AvgIpc) is 2.75. The van der Waals surface area contributed by atoms with Crippen molar-refractivity contribution in [1.29, 1.82) is 5.26 Å². The van der Waals surface area contributed by atoms with Crippen molar-refractivity contribution < 1.29 is 0 Å². The molecule has 114 valence electrons. The molecule has 3 heteroatoms. The lowest BCUT2D eigenvalue weighted by Gasteiger charge is -2.25. The third-order valence-corrected chi connectivity index (χ3v) is 4.37. The second kappa shape index (κ2) is 8.17. The van der Waals surface area contributed by atoms with E-state index in [2.05, 4.69) is 30.6 Å². The maximum absolute atomic E-state index is 8.85. The molecule has 0 radical (unpaired) electrons. The maximum Gasteiger partial charge on any atom is 0.0991 e. The fraction of sp³-hybridized carbons (Fsp3) is 0.611. The molecule has 2 N–H and O–H groups in total. The van der Waals surface area contributed by atoms with Crippen LogP contribution in [0.3, 0.4) is 0 Å². The summed E-state index contributed by atoms with van der Waals surface area (Å²) in [6.45, 7) is 5.63. The Bertz CT molecular complexity index is 452. The largest absolute Gasteiger partial charge is 0.314 e. The minimum atomic E-state index is 0.318. The van der Waals surface area contributed by atoms with Crippen molar-refractivity contribution in [1.82, 2.24) is 10.6 Å². The van der Waals surface area contributed by atoms with Crippen LogP contribution in [0.25, 0.3) is 0 Å². The molecule has 1 aromatic rings. The highest BCUT2D eigenvalue weighted by atomic mass is 15.0. The van der Waals surface area contributed by atoms with Gasteiger partial charge in [0, 0.05) is 18.1 Å². The van der Waals surface area contributed by atoms with E-state index in [-0.39, 0.29) is 0 Å². The number of hydrogen-bond donors (Lipinski definition) is 2. The quantitative estimate of drug-likeness (QED) is 0.870. The molecule has 1 aliphatic heterocycles. The first kappa shape index (κ1) is 16.0. The van der Waals surface area contributed by atoms with Crippen molar-refractivity contribution in [3.05, 3.63) is 35.4 Å². The summed E-state index contributed by atoms with van der Waals surface area (Å²) in [5.41, 5.74) is 1.97. The smallest absolute Gasteiger partial charge is 0.0991 e. The van der Waals surface area contributed by atoms with Crippen LogP contribution in [0.5, 0.6) is 0 Å². The molecule has 0 amide bonds. The molecule has 0 bridgehead atoms. The Morgan fingerprint density at radius 1 is 1.24 bits per heavy atom. The molecule has 0 aromatic heterocycles. The third kappa shape index (κ3) is 5.15. The molecule has 1 aromatic carbocycles. The molecule has 1 saturated heterocycles. The highest BCUT2D eigenvalue weighted by molar-refractivity contribution is 5.32. The Kier molecular flexibility index (Phi) is 6.22. The topological polar surface area (TPSA) is 47.8 Å². The Balaban J connectivity index is 1.83. The number of rotatable bonds is 5. The van der Waals surface area contributed by atoms with E-state index >= 15 is 0 Å². The fourth-order valence-corrected chi connectivity index (χ4v) is 3.17. The average molecular weight is 285 g/mol. The zero-order valence-corrected chi connectivity index (χ0v) is 13.2. The van der Waals surface area contributed by atoms with Crippen LogP contribution in [0.2, 0.25) is 0 Å². The molecule has 0 spiro atoms. The van der Waals surface area contributed by atoms with Crippen LogP contribution >= 0.6 is 0 Å². The summed E-state index contributed by atoms with van der Waals surface area (Å²) in [7, 11) is 0.